The van der Waals surface area contributed by atoms with Crippen molar-refractivity contribution in [1.82, 2.24) is 10.2 Å². The number of aliphatic hydroxyl groups excluding tert-OH is 1. The van der Waals surface area contributed by atoms with Gasteiger partial charge in [-0.3, -0.25) is 4.79 Å². The first-order chi connectivity index (χ1) is 9.32. The molecule has 3 amide bonds. The number of hydrogen-bond acceptors (Lipinski definition) is 4. The molecule has 0 saturated heterocycles. The molecule has 0 aromatic carbocycles. The van der Waals surface area contributed by atoms with Gasteiger partial charge in [-0.15, -0.1) is 0 Å². The molecule has 0 bridgehead atoms. The summed E-state index contributed by atoms with van der Waals surface area (Å²) < 4.78 is 0. The van der Waals surface area contributed by atoms with E-state index in [-0.39, 0.29) is 12.6 Å². The quantitative estimate of drug-likeness (QED) is 0.510. The normalized spacial score (nSPS) is 18.3. The van der Waals surface area contributed by atoms with Crippen LogP contribution >= 0.6 is 0 Å². The highest BCUT2D eigenvalue weighted by atomic mass is 16.4. The Hall–Kier alpha value is -1.83. The molecule has 1 rings (SSSR count). The number of amides is 3. The summed E-state index contributed by atoms with van der Waals surface area (Å²) in [6, 6.07) is -2.23. The number of carbonyl (C=O) groups is 3. The van der Waals surface area contributed by atoms with Crippen LogP contribution in [0.25, 0.3) is 0 Å². The third-order valence-electron chi connectivity index (χ3n) is 3.38. The number of rotatable bonds is 6. The van der Waals surface area contributed by atoms with Gasteiger partial charge in [0.1, 0.15) is 6.54 Å². The van der Waals surface area contributed by atoms with Crippen LogP contribution in [0, 0.1) is 0 Å². The van der Waals surface area contributed by atoms with Gasteiger partial charge in [0.15, 0.2) is 6.04 Å². The van der Waals surface area contributed by atoms with Crippen LogP contribution in [0.4, 0.5) is 4.79 Å². The summed E-state index contributed by atoms with van der Waals surface area (Å²) in [5.74, 6) is -1.99. The summed E-state index contributed by atoms with van der Waals surface area (Å²) in [5.41, 5.74) is 5.12. The smallest absolute Gasteiger partial charge is 0.328 e. The highest BCUT2D eigenvalue weighted by Crippen LogP contribution is 2.23. The Morgan fingerprint density at radius 2 is 1.90 bits per heavy atom. The van der Waals surface area contributed by atoms with E-state index in [1.54, 1.807) is 0 Å². The van der Waals surface area contributed by atoms with Crippen LogP contribution in [0.1, 0.15) is 32.6 Å². The first kappa shape index (κ1) is 16.2. The minimum absolute atomic E-state index is 0.119. The van der Waals surface area contributed by atoms with Crippen molar-refractivity contribution in [1.29, 1.82) is 0 Å². The Balaban J connectivity index is 2.76. The van der Waals surface area contributed by atoms with E-state index in [9.17, 15) is 19.5 Å². The van der Waals surface area contributed by atoms with Crippen LogP contribution in [0.15, 0.2) is 0 Å². The van der Waals surface area contributed by atoms with E-state index in [1.165, 1.54) is 11.8 Å². The maximum atomic E-state index is 12.1. The molecule has 0 aromatic heterocycles. The number of carboxylic acid groups (broad SMARTS) is 1. The number of hydrogen-bond donors (Lipinski definition) is 4. The average molecular weight is 287 g/mol. The number of carbonyl (C=O) groups excluding carboxylic acids is 2. The molecule has 1 saturated carbocycles. The van der Waals surface area contributed by atoms with Crippen molar-refractivity contribution in [3.8, 4) is 0 Å². The fourth-order valence-electron chi connectivity index (χ4n) is 2.36. The van der Waals surface area contributed by atoms with Crippen molar-refractivity contribution in [3.05, 3.63) is 0 Å². The second-order valence-corrected chi connectivity index (χ2v) is 5.04. The van der Waals surface area contributed by atoms with Crippen molar-refractivity contribution < 1.29 is 24.6 Å². The Morgan fingerprint density at radius 3 is 2.30 bits per heavy atom. The van der Waals surface area contributed by atoms with E-state index >= 15 is 0 Å². The highest BCUT2D eigenvalue weighted by molar-refractivity contribution is 5.86. The number of carboxylic acids is 1. The van der Waals surface area contributed by atoms with Gasteiger partial charge in [0.25, 0.3) is 0 Å². The molecule has 0 aliphatic heterocycles. The lowest BCUT2D eigenvalue weighted by atomic mass is 10.2. The Bertz CT molecular complexity index is 379. The number of aliphatic carboxylic acids is 1. The molecule has 20 heavy (non-hydrogen) atoms. The Morgan fingerprint density at radius 1 is 1.35 bits per heavy atom. The van der Waals surface area contributed by atoms with E-state index in [0.29, 0.717) is 0 Å². The van der Waals surface area contributed by atoms with Gasteiger partial charge in [-0.1, -0.05) is 12.8 Å². The molecular weight excluding hydrogens is 266 g/mol. The van der Waals surface area contributed by atoms with E-state index in [4.69, 9.17) is 10.8 Å². The van der Waals surface area contributed by atoms with Crippen LogP contribution in [0.2, 0.25) is 0 Å². The van der Waals surface area contributed by atoms with Crippen molar-refractivity contribution in [2.45, 2.75) is 50.8 Å². The van der Waals surface area contributed by atoms with Gasteiger partial charge in [0.2, 0.25) is 5.91 Å². The van der Waals surface area contributed by atoms with Gasteiger partial charge in [0, 0.05) is 6.04 Å². The average Bonchev–Trinajstić information content (AvgIpc) is 2.85. The maximum absolute atomic E-state index is 12.1. The van der Waals surface area contributed by atoms with Crippen molar-refractivity contribution >= 4 is 17.9 Å². The monoisotopic (exact) mass is 287 g/mol. The van der Waals surface area contributed by atoms with Gasteiger partial charge in [-0.05, 0) is 19.8 Å². The summed E-state index contributed by atoms with van der Waals surface area (Å²) in [6.45, 7) is 1.01. The summed E-state index contributed by atoms with van der Waals surface area (Å²) >= 11 is 0. The van der Waals surface area contributed by atoms with Gasteiger partial charge < -0.3 is 26.2 Å². The zero-order chi connectivity index (χ0) is 15.3. The summed E-state index contributed by atoms with van der Waals surface area (Å²) in [6.07, 6.45) is 2.17. The van der Waals surface area contributed by atoms with Crippen LogP contribution in [-0.4, -0.2) is 57.8 Å². The second kappa shape index (κ2) is 7.09. The molecule has 114 valence electrons. The largest absolute Gasteiger partial charge is 0.480 e. The molecule has 5 N–H and O–H groups in total. The molecule has 8 nitrogen and oxygen atoms in total. The summed E-state index contributed by atoms with van der Waals surface area (Å²) in [7, 11) is 0. The third-order valence-corrected chi connectivity index (χ3v) is 3.38. The molecule has 0 aromatic rings. The molecule has 1 aliphatic rings. The van der Waals surface area contributed by atoms with Crippen LogP contribution in [0.5, 0.6) is 0 Å². The Labute approximate surface area is 116 Å². The summed E-state index contributed by atoms with van der Waals surface area (Å²) in [4.78, 5) is 35.4. The molecule has 0 radical (unpaired) electrons. The zero-order valence-electron chi connectivity index (χ0n) is 11.4. The van der Waals surface area contributed by atoms with Gasteiger partial charge in [0.05, 0.1) is 6.10 Å². The first-order valence-corrected chi connectivity index (χ1v) is 6.59. The van der Waals surface area contributed by atoms with Gasteiger partial charge >= 0.3 is 12.0 Å². The predicted molar refractivity (Wildman–Crippen MR) is 69.8 cm³/mol. The lowest BCUT2D eigenvalue weighted by Gasteiger charge is -2.29. The van der Waals surface area contributed by atoms with Crippen LogP contribution in [-0.2, 0) is 9.59 Å². The Kier molecular flexibility index (Phi) is 5.75. The van der Waals surface area contributed by atoms with Gasteiger partial charge in [-0.25, -0.2) is 9.59 Å². The predicted octanol–water partition coefficient (Wildman–Crippen LogP) is -0.740. The number of nitrogens with two attached hydrogens (primary N) is 1. The molecule has 2 atom stereocenters. The topological polar surface area (TPSA) is 133 Å². The zero-order valence-corrected chi connectivity index (χ0v) is 11.4. The lowest BCUT2D eigenvalue weighted by Crippen LogP contribution is -2.55. The molecule has 0 spiro atoms. The summed E-state index contributed by atoms with van der Waals surface area (Å²) in [5, 5.41) is 20.5. The molecule has 1 fully saturated rings. The maximum Gasteiger partial charge on any atom is 0.328 e. The second-order valence-electron chi connectivity index (χ2n) is 5.04. The van der Waals surface area contributed by atoms with Crippen molar-refractivity contribution in [2.75, 3.05) is 6.54 Å². The number of primary amides is 1. The standard InChI is InChI=1S/C12H21N3O5/c1-7(16)10(11(18)19)14-12(20)15(6-9(13)17)8-4-2-3-5-8/h7-8,10,16H,2-6H2,1H3,(H2,13,17)(H,14,20)(H,18,19). The number of urea groups is 1. The SMILES string of the molecule is CC(O)C(NC(=O)N(CC(N)=O)C1CCCC1)C(=O)O. The highest BCUT2D eigenvalue weighted by Gasteiger charge is 2.32. The van der Waals surface area contributed by atoms with E-state index < -0.39 is 30.1 Å². The van der Waals surface area contributed by atoms with E-state index in [1.807, 2.05) is 0 Å². The first-order valence-electron chi connectivity index (χ1n) is 6.59. The van der Waals surface area contributed by atoms with E-state index in [0.717, 1.165) is 25.7 Å². The third kappa shape index (κ3) is 4.37. The lowest BCUT2D eigenvalue weighted by molar-refractivity contribution is -0.141. The molecule has 2 unspecified atom stereocenters. The van der Waals surface area contributed by atoms with Crippen molar-refractivity contribution in [2.24, 2.45) is 5.73 Å². The van der Waals surface area contributed by atoms with Gasteiger partial charge in [-0.2, -0.15) is 0 Å². The molecule has 0 heterocycles. The number of nitrogens with one attached hydrogen (secondary N) is 1. The molecular formula is C12H21N3O5. The minimum Gasteiger partial charge on any atom is -0.480 e. The van der Waals surface area contributed by atoms with Crippen LogP contribution < -0.4 is 11.1 Å². The number of nitrogens with zero attached hydrogens (tertiary/aromatic N) is 1. The fourth-order valence-corrected chi connectivity index (χ4v) is 2.36. The number of aliphatic hydroxyl groups is 1. The van der Waals surface area contributed by atoms with E-state index in [2.05, 4.69) is 5.32 Å². The molecule has 8 heteroatoms. The van der Waals surface area contributed by atoms with Crippen LogP contribution in [0.3, 0.4) is 0 Å². The van der Waals surface area contributed by atoms with Crippen molar-refractivity contribution in [3.63, 3.8) is 0 Å². The fraction of sp³-hybridized carbons (Fsp3) is 0.750. The molecule has 1 aliphatic carbocycles. The minimum atomic E-state index is -1.42.